The van der Waals surface area contributed by atoms with Crippen LogP contribution in [0.1, 0.15) is 30.0 Å². The molecule has 2 aliphatic rings. The van der Waals surface area contributed by atoms with E-state index in [1.807, 2.05) is 7.05 Å². The van der Waals surface area contributed by atoms with E-state index in [-0.39, 0.29) is 24.0 Å². The summed E-state index contributed by atoms with van der Waals surface area (Å²) in [5, 5.41) is 6.86. The van der Waals surface area contributed by atoms with Crippen LogP contribution in [0.25, 0.3) is 0 Å². The summed E-state index contributed by atoms with van der Waals surface area (Å²) >= 11 is 1.76. The van der Waals surface area contributed by atoms with Gasteiger partial charge in [-0.25, -0.2) is 4.98 Å². The minimum Gasteiger partial charge on any atom is -0.381 e. The van der Waals surface area contributed by atoms with Gasteiger partial charge >= 0.3 is 0 Å². The Morgan fingerprint density at radius 2 is 2.39 bits per heavy atom. The number of aromatic nitrogens is 1. The summed E-state index contributed by atoms with van der Waals surface area (Å²) in [5.74, 6) is 1.04. The molecule has 1 aromatic rings. The van der Waals surface area contributed by atoms with Crippen LogP contribution in [0, 0.1) is 12.3 Å². The lowest BCUT2D eigenvalue weighted by atomic mass is 9.87. The molecule has 130 valence electrons. The molecule has 0 aliphatic carbocycles. The van der Waals surface area contributed by atoms with Crippen molar-refractivity contribution in [2.24, 2.45) is 10.4 Å². The largest absolute Gasteiger partial charge is 0.381 e. The van der Waals surface area contributed by atoms with Crippen molar-refractivity contribution in [3.63, 3.8) is 0 Å². The first-order chi connectivity index (χ1) is 10.7. The molecule has 1 aromatic heterocycles. The normalized spacial score (nSPS) is 24.3. The lowest BCUT2D eigenvalue weighted by molar-refractivity contribution is 0.156. The van der Waals surface area contributed by atoms with E-state index in [0.29, 0.717) is 5.41 Å². The Bertz CT molecular complexity index is 528. The van der Waals surface area contributed by atoms with Crippen LogP contribution < -0.4 is 5.32 Å². The molecule has 1 atom stereocenters. The van der Waals surface area contributed by atoms with Gasteiger partial charge in [-0.1, -0.05) is 0 Å². The number of likely N-dealkylation sites (tertiary alicyclic amines) is 1. The number of hydrogen-bond donors (Lipinski definition) is 1. The first-order valence-electron chi connectivity index (χ1n) is 8.15. The fraction of sp³-hybridized carbons (Fsp3) is 0.750. The van der Waals surface area contributed by atoms with Crippen molar-refractivity contribution in [2.75, 3.05) is 39.9 Å². The summed E-state index contributed by atoms with van der Waals surface area (Å²) in [5.41, 5.74) is 1.51. The minimum absolute atomic E-state index is 0. The molecular formula is C16H27IN4OS. The van der Waals surface area contributed by atoms with E-state index in [1.165, 1.54) is 17.8 Å². The van der Waals surface area contributed by atoms with Gasteiger partial charge in [-0.3, -0.25) is 4.99 Å². The summed E-state index contributed by atoms with van der Waals surface area (Å²) < 4.78 is 5.60. The van der Waals surface area contributed by atoms with Crippen LogP contribution in [0.4, 0.5) is 0 Å². The van der Waals surface area contributed by atoms with Crippen molar-refractivity contribution < 1.29 is 4.74 Å². The van der Waals surface area contributed by atoms with E-state index in [4.69, 9.17) is 4.74 Å². The SMILES string of the molecule is CN=C(NCCCc1nc(C)cs1)N1CCC2(CCOC2)C1.I. The molecule has 0 radical (unpaired) electrons. The molecule has 7 heteroatoms. The van der Waals surface area contributed by atoms with E-state index in [1.54, 1.807) is 11.3 Å². The average Bonchev–Trinajstić information content (AvgIpc) is 3.23. The van der Waals surface area contributed by atoms with E-state index < -0.39 is 0 Å². The Kier molecular flexibility index (Phi) is 7.09. The predicted octanol–water partition coefficient (Wildman–Crippen LogP) is 2.69. The highest BCUT2D eigenvalue weighted by molar-refractivity contribution is 14.0. The van der Waals surface area contributed by atoms with Crippen molar-refractivity contribution in [1.29, 1.82) is 0 Å². The maximum Gasteiger partial charge on any atom is 0.193 e. The number of ether oxygens (including phenoxy) is 1. The second kappa shape index (κ2) is 8.62. The second-order valence-electron chi connectivity index (χ2n) is 6.43. The summed E-state index contributed by atoms with van der Waals surface area (Å²) in [6, 6.07) is 0. The molecule has 1 spiro atoms. The lowest BCUT2D eigenvalue weighted by Gasteiger charge is -2.24. The van der Waals surface area contributed by atoms with Gasteiger partial charge in [-0.15, -0.1) is 35.3 Å². The van der Waals surface area contributed by atoms with Crippen molar-refractivity contribution in [3.8, 4) is 0 Å². The van der Waals surface area contributed by atoms with Crippen LogP contribution in [0.15, 0.2) is 10.4 Å². The first kappa shape index (κ1) is 18.9. The number of aryl methyl sites for hydroxylation is 2. The van der Waals surface area contributed by atoms with Gasteiger partial charge in [0.15, 0.2) is 5.96 Å². The van der Waals surface area contributed by atoms with Gasteiger partial charge in [0.1, 0.15) is 0 Å². The topological polar surface area (TPSA) is 49.8 Å². The summed E-state index contributed by atoms with van der Waals surface area (Å²) in [4.78, 5) is 11.4. The lowest BCUT2D eigenvalue weighted by Crippen LogP contribution is -2.41. The molecule has 1 unspecified atom stereocenters. The predicted molar refractivity (Wildman–Crippen MR) is 106 cm³/mol. The molecule has 0 bridgehead atoms. The molecule has 2 fully saturated rings. The number of nitrogens with one attached hydrogen (secondary N) is 1. The quantitative estimate of drug-likeness (QED) is 0.332. The van der Waals surface area contributed by atoms with Crippen molar-refractivity contribution in [2.45, 2.75) is 32.6 Å². The zero-order valence-corrected chi connectivity index (χ0v) is 17.2. The van der Waals surface area contributed by atoms with Crippen LogP contribution in [0.2, 0.25) is 0 Å². The van der Waals surface area contributed by atoms with Crippen LogP contribution in [-0.2, 0) is 11.2 Å². The monoisotopic (exact) mass is 450 g/mol. The highest BCUT2D eigenvalue weighted by Gasteiger charge is 2.42. The van der Waals surface area contributed by atoms with Crippen LogP contribution >= 0.6 is 35.3 Å². The van der Waals surface area contributed by atoms with E-state index in [2.05, 4.69) is 32.5 Å². The van der Waals surface area contributed by atoms with Gasteiger partial charge in [-0.2, -0.15) is 0 Å². The average molecular weight is 450 g/mol. The third-order valence-corrected chi connectivity index (χ3v) is 5.68. The summed E-state index contributed by atoms with van der Waals surface area (Å²) in [6.45, 7) is 7.02. The Morgan fingerprint density at radius 3 is 3.04 bits per heavy atom. The maximum absolute atomic E-state index is 5.60. The fourth-order valence-electron chi connectivity index (χ4n) is 3.38. The fourth-order valence-corrected chi connectivity index (χ4v) is 4.20. The van der Waals surface area contributed by atoms with Crippen molar-refractivity contribution >= 4 is 41.3 Å². The molecular weight excluding hydrogens is 423 g/mol. The van der Waals surface area contributed by atoms with Gasteiger partial charge in [0.25, 0.3) is 0 Å². The standard InChI is InChI=1S/C16H26N4OS.HI/c1-13-10-22-14(19-13)4-3-7-18-15(17-2)20-8-5-16(11-20)6-9-21-12-16;/h10H,3-9,11-12H2,1-2H3,(H,17,18);1H. The molecule has 0 aromatic carbocycles. The Labute approximate surface area is 159 Å². The number of nitrogens with zero attached hydrogens (tertiary/aromatic N) is 3. The van der Waals surface area contributed by atoms with E-state index in [0.717, 1.165) is 57.3 Å². The molecule has 5 nitrogen and oxygen atoms in total. The summed E-state index contributed by atoms with van der Waals surface area (Å²) in [6.07, 6.45) is 4.56. The molecule has 23 heavy (non-hydrogen) atoms. The van der Waals surface area contributed by atoms with Gasteiger partial charge in [0, 0.05) is 56.2 Å². The van der Waals surface area contributed by atoms with Gasteiger partial charge in [-0.05, 0) is 26.2 Å². The molecule has 0 saturated carbocycles. The zero-order valence-electron chi connectivity index (χ0n) is 14.0. The molecule has 0 amide bonds. The van der Waals surface area contributed by atoms with Gasteiger partial charge in [0.2, 0.25) is 0 Å². The van der Waals surface area contributed by atoms with E-state index in [9.17, 15) is 0 Å². The Hall–Kier alpha value is -0.410. The number of thiazole rings is 1. The molecule has 3 heterocycles. The van der Waals surface area contributed by atoms with Crippen LogP contribution in [0.5, 0.6) is 0 Å². The molecule has 2 saturated heterocycles. The number of aliphatic imine (C=N–C) groups is 1. The van der Waals surface area contributed by atoms with Crippen molar-refractivity contribution in [3.05, 3.63) is 16.1 Å². The Morgan fingerprint density at radius 1 is 1.52 bits per heavy atom. The third kappa shape index (κ3) is 4.79. The second-order valence-corrected chi connectivity index (χ2v) is 7.38. The van der Waals surface area contributed by atoms with Crippen LogP contribution in [-0.4, -0.2) is 55.7 Å². The molecule has 3 rings (SSSR count). The first-order valence-corrected chi connectivity index (χ1v) is 9.03. The number of hydrogen-bond acceptors (Lipinski definition) is 4. The highest BCUT2D eigenvalue weighted by Crippen LogP contribution is 2.38. The van der Waals surface area contributed by atoms with E-state index >= 15 is 0 Å². The van der Waals surface area contributed by atoms with Crippen molar-refractivity contribution in [1.82, 2.24) is 15.2 Å². The number of guanidine groups is 1. The number of halogens is 1. The zero-order chi connectivity index (χ0) is 15.4. The third-order valence-electron chi connectivity index (χ3n) is 4.65. The van der Waals surface area contributed by atoms with Gasteiger partial charge < -0.3 is 15.0 Å². The maximum atomic E-state index is 5.60. The van der Waals surface area contributed by atoms with Crippen LogP contribution in [0.3, 0.4) is 0 Å². The molecule has 2 aliphatic heterocycles. The minimum atomic E-state index is 0. The van der Waals surface area contributed by atoms with Gasteiger partial charge in [0.05, 0.1) is 11.6 Å². The number of rotatable bonds is 4. The molecule has 1 N–H and O–H groups in total. The Balaban J connectivity index is 0.00000192. The summed E-state index contributed by atoms with van der Waals surface area (Å²) in [7, 11) is 1.88. The smallest absolute Gasteiger partial charge is 0.193 e. The highest BCUT2D eigenvalue weighted by atomic mass is 127.